The predicted octanol–water partition coefficient (Wildman–Crippen LogP) is 3.13. The third-order valence-electron chi connectivity index (χ3n) is 3.61. The van der Waals surface area contributed by atoms with Crippen LogP contribution in [0.3, 0.4) is 0 Å². The van der Waals surface area contributed by atoms with Crippen LogP contribution in [0.15, 0.2) is 48.5 Å². The zero-order chi connectivity index (χ0) is 16.2. The summed E-state index contributed by atoms with van der Waals surface area (Å²) in [5.74, 6) is 0.734. The summed E-state index contributed by atoms with van der Waals surface area (Å²) in [6, 6.07) is 15.8. The second-order valence-corrected chi connectivity index (χ2v) is 5.22. The van der Waals surface area contributed by atoms with E-state index in [4.69, 9.17) is 4.74 Å². The van der Waals surface area contributed by atoms with Gasteiger partial charge < -0.3 is 9.84 Å². The van der Waals surface area contributed by atoms with Gasteiger partial charge in [0.15, 0.2) is 0 Å². The molecule has 3 aromatic rings. The van der Waals surface area contributed by atoms with E-state index >= 15 is 0 Å². The maximum Gasteiger partial charge on any atom is 0.145 e. The van der Waals surface area contributed by atoms with Gasteiger partial charge in [-0.15, -0.1) is 5.10 Å². The number of ether oxygens (including phenoxy) is 1. The van der Waals surface area contributed by atoms with Crippen molar-refractivity contribution >= 4 is 0 Å². The normalized spacial score (nSPS) is 10.7. The summed E-state index contributed by atoms with van der Waals surface area (Å²) in [6.07, 6.45) is 0. The molecule has 1 N–H and O–H groups in total. The Morgan fingerprint density at radius 2 is 1.83 bits per heavy atom. The zero-order valence-corrected chi connectivity index (χ0v) is 13.2. The molecule has 0 spiro atoms. The van der Waals surface area contributed by atoms with Crippen molar-refractivity contribution in [1.29, 1.82) is 0 Å². The Hall–Kier alpha value is -2.66. The summed E-state index contributed by atoms with van der Waals surface area (Å²) >= 11 is 0. The molecule has 23 heavy (non-hydrogen) atoms. The van der Waals surface area contributed by atoms with Gasteiger partial charge in [-0.2, -0.15) is 0 Å². The van der Waals surface area contributed by atoms with Gasteiger partial charge in [0.05, 0.1) is 13.2 Å². The Balaban J connectivity index is 2.18. The van der Waals surface area contributed by atoms with E-state index in [0.717, 1.165) is 22.7 Å². The van der Waals surface area contributed by atoms with Gasteiger partial charge in [-0.05, 0) is 26.0 Å². The number of rotatable bonds is 5. The van der Waals surface area contributed by atoms with E-state index in [0.29, 0.717) is 12.3 Å². The van der Waals surface area contributed by atoms with Crippen molar-refractivity contribution in [2.24, 2.45) is 0 Å². The lowest BCUT2D eigenvalue weighted by Gasteiger charge is -2.12. The number of aliphatic hydroxyl groups excluding tert-OH is 1. The van der Waals surface area contributed by atoms with Crippen LogP contribution in [0.2, 0.25) is 0 Å². The number of hydrogen-bond acceptors (Lipinski definition) is 4. The molecule has 2 aromatic carbocycles. The van der Waals surface area contributed by atoms with Crippen LogP contribution >= 0.6 is 0 Å². The van der Waals surface area contributed by atoms with E-state index in [2.05, 4.69) is 10.3 Å². The van der Waals surface area contributed by atoms with Gasteiger partial charge in [-0.3, -0.25) is 0 Å². The van der Waals surface area contributed by atoms with E-state index in [9.17, 15) is 5.11 Å². The Morgan fingerprint density at radius 3 is 2.52 bits per heavy atom. The Kier molecular flexibility index (Phi) is 4.39. The molecule has 1 aromatic heterocycles. The van der Waals surface area contributed by atoms with Crippen molar-refractivity contribution in [2.75, 3.05) is 6.61 Å². The van der Waals surface area contributed by atoms with Crippen molar-refractivity contribution in [3.63, 3.8) is 0 Å². The largest absolute Gasteiger partial charge is 0.492 e. The first-order chi connectivity index (χ1) is 11.2. The van der Waals surface area contributed by atoms with Gasteiger partial charge in [0, 0.05) is 5.56 Å². The third kappa shape index (κ3) is 2.96. The van der Waals surface area contributed by atoms with E-state index in [1.807, 2.05) is 62.4 Å². The highest BCUT2D eigenvalue weighted by molar-refractivity contribution is 5.66. The number of hydrogen-bond donors (Lipinski definition) is 1. The van der Waals surface area contributed by atoms with Gasteiger partial charge in [-0.25, -0.2) is 4.68 Å². The summed E-state index contributed by atoms with van der Waals surface area (Å²) in [5.41, 5.74) is 4.25. The van der Waals surface area contributed by atoms with Crippen molar-refractivity contribution < 1.29 is 9.84 Å². The molecule has 0 aliphatic rings. The fraction of sp³-hybridized carbons (Fsp3) is 0.222. The molecular formula is C18H19N3O2. The minimum atomic E-state index is -0.167. The number of aliphatic hydroxyl groups is 1. The van der Waals surface area contributed by atoms with Crippen LogP contribution in [-0.2, 0) is 6.61 Å². The molecule has 118 valence electrons. The van der Waals surface area contributed by atoms with Crippen LogP contribution in [0.5, 0.6) is 5.75 Å². The minimum absolute atomic E-state index is 0.167. The van der Waals surface area contributed by atoms with Crippen molar-refractivity contribution in [2.45, 2.75) is 20.5 Å². The first-order valence-electron chi connectivity index (χ1n) is 7.59. The number of para-hydroxylation sites is 2. The van der Waals surface area contributed by atoms with Gasteiger partial charge in [0.1, 0.15) is 22.8 Å². The molecule has 5 nitrogen and oxygen atoms in total. The Bertz CT molecular complexity index is 794. The molecule has 0 atom stereocenters. The van der Waals surface area contributed by atoms with Crippen LogP contribution < -0.4 is 4.74 Å². The smallest absolute Gasteiger partial charge is 0.145 e. The quantitative estimate of drug-likeness (QED) is 0.786. The van der Waals surface area contributed by atoms with Crippen LogP contribution in [0, 0.1) is 6.92 Å². The van der Waals surface area contributed by atoms with E-state index < -0.39 is 0 Å². The number of nitrogens with zero attached hydrogens (tertiary/aromatic N) is 3. The second kappa shape index (κ2) is 6.62. The van der Waals surface area contributed by atoms with Crippen LogP contribution in [-0.4, -0.2) is 26.7 Å². The molecule has 0 fully saturated rings. The fourth-order valence-corrected chi connectivity index (χ4v) is 2.50. The topological polar surface area (TPSA) is 60.2 Å². The van der Waals surface area contributed by atoms with Gasteiger partial charge in [-0.1, -0.05) is 47.2 Å². The lowest BCUT2D eigenvalue weighted by atomic mass is 10.1. The highest BCUT2D eigenvalue weighted by atomic mass is 16.5. The first-order valence-corrected chi connectivity index (χ1v) is 7.59. The van der Waals surface area contributed by atoms with E-state index in [-0.39, 0.29) is 6.61 Å². The zero-order valence-electron chi connectivity index (χ0n) is 13.2. The average molecular weight is 309 g/mol. The van der Waals surface area contributed by atoms with Crippen LogP contribution in [0.25, 0.3) is 16.9 Å². The molecule has 0 saturated heterocycles. The number of aryl methyl sites for hydroxylation is 1. The summed E-state index contributed by atoms with van der Waals surface area (Å²) in [5, 5.41) is 18.0. The van der Waals surface area contributed by atoms with Gasteiger partial charge >= 0.3 is 0 Å². The second-order valence-electron chi connectivity index (χ2n) is 5.22. The summed E-state index contributed by atoms with van der Waals surface area (Å²) in [7, 11) is 0. The standard InChI is InChI=1S/C18H19N3O2/c1-3-23-17-7-5-4-6-16(17)21-18(15(12-22)19-20-21)14-10-8-13(2)9-11-14/h4-11,22H,3,12H2,1-2H3. The monoisotopic (exact) mass is 309 g/mol. The Labute approximate surface area is 135 Å². The predicted molar refractivity (Wildman–Crippen MR) is 88.6 cm³/mol. The summed E-state index contributed by atoms with van der Waals surface area (Å²) < 4.78 is 7.42. The highest BCUT2D eigenvalue weighted by Crippen LogP contribution is 2.30. The molecule has 0 aliphatic carbocycles. The maximum absolute atomic E-state index is 9.62. The lowest BCUT2D eigenvalue weighted by molar-refractivity contribution is 0.277. The molecule has 1 heterocycles. The third-order valence-corrected chi connectivity index (χ3v) is 3.61. The van der Waals surface area contributed by atoms with Crippen molar-refractivity contribution in [1.82, 2.24) is 15.0 Å². The fourth-order valence-electron chi connectivity index (χ4n) is 2.50. The lowest BCUT2D eigenvalue weighted by Crippen LogP contribution is -2.04. The number of benzene rings is 2. The van der Waals surface area contributed by atoms with Crippen LogP contribution in [0.1, 0.15) is 18.2 Å². The molecule has 3 rings (SSSR count). The average Bonchev–Trinajstić information content (AvgIpc) is 3.00. The molecule has 0 saturated carbocycles. The summed E-state index contributed by atoms with van der Waals surface area (Å²) in [4.78, 5) is 0. The van der Waals surface area contributed by atoms with Gasteiger partial charge in [0.25, 0.3) is 0 Å². The maximum atomic E-state index is 9.62. The molecule has 0 amide bonds. The molecule has 0 aliphatic heterocycles. The van der Waals surface area contributed by atoms with Crippen molar-refractivity contribution in [3.05, 3.63) is 59.8 Å². The first kappa shape index (κ1) is 15.2. The molecule has 0 bridgehead atoms. The molecule has 5 heteroatoms. The van der Waals surface area contributed by atoms with E-state index in [1.54, 1.807) is 4.68 Å². The number of aromatic nitrogens is 3. The minimum Gasteiger partial charge on any atom is -0.492 e. The molecule has 0 unspecified atom stereocenters. The molecular weight excluding hydrogens is 290 g/mol. The van der Waals surface area contributed by atoms with Crippen molar-refractivity contribution in [3.8, 4) is 22.7 Å². The van der Waals surface area contributed by atoms with Crippen LogP contribution in [0.4, 0.5) is 0 Å². The summed E-state index contributed by atoms with van der Waals surface area (Å²) in [6.45, 7) is 4.38. The molecule has 0 radical (unpaired) electrons. The van der Waals surface area contributed by atoms with E-state index in [1.165, 1.54) is 5.56 Å². The van der Waals surface area contributed by atoms with Gasteiger partial charge in [0.2, 0.25) is 0 Å². The Morgan fingerprint density at radius 1 is 1.09 bits per heavy atom. The SMILES string of the molecule is CCOc1ccccc1-n1nnc(CO)c1-c1ccc(C)cc1. The highest BCUT2D eigenvalue weighted by Gasteiger charge is 2.18.